The molecule has 34 heteroatoms. The Morgan fingerprint density at radius 2 is 0.206 bits per heavy atom. The molecule has 0 aromatic rings. The van der Waals surface area contributed by atoms with Crippen LogP contribution in [0.1, 0.15) is 0 Å². The summed E-state index contributed by atoms with van der Waals surface area (Å²) in [6, 6.07) is 0. The number of hydrogen-bond donors (Lipinski definition) is 0. The fourth-order valence-electron chi connectivity index (χ4n) is 0. The van der Waals surface area contributed by atoms with Crippen molar-refractivity contribution in [1.82, 2.24) is 0 Å². The Morgan fingerprint density at radius 1 is 0.206 bits per heavy atom. The van der Waals surface area contributed by atoms with E-state index in [1.54, 1.807) is 0 Å². The maximum absolute atomic E-state index is 8.52. The third-order valence-corrected chi connectivity index (χ3v) is 0. The van der Waals surface area contributed by atoms with Gasteiger partial charge in [-0.05, 0) is 0 Å². The molecule has 0 saturated heterocycles. The Labute approximate surface area is 235 Å². The average molecular weight is 784 g/mol. The van der Waals surface area contributed by atoms with Crippen molar-refractivity contribution in [2.75, 3.05) is 0 Å². The Kier molecular flexibility index (Phi) is 52.3. The van der Waals surface area contributed by atoms with Gasteiger partial charge < -0.3 is 54.6 Å². The quantitative estimate of drug-likeness (QED) is 0.162. The van der Waals surface area contributed by atoms with Crippen LogP contribution >= 0.6 is 0 Å². The van der Waals surface area contributed by atoms with Gasteiger partial charge in [-0.25, -0.2) is 0 Å². The maximum Gasteiger partial charge on any atom is 3.00 e. The maximum atomic E-state index is 8.52. The van der Waals surface area contributed by atoms with Crippen molar-refractivity contribution >= 4 is 62.4 Å². The van der Waals surface area contributed by atoms with Crippen molar-refractivity contribution in [2.45, 2.75) is 0 Å². The molecule has 0 unspecified atom stereocenters. The first kappa shape index (κ1) is 64.9. The molecule has 0 saturated carbocycles. The van der Waals surface area contributed by atoms with Crippen LogP contribution < -0.4 is 0 Å². The van der Waals surface area contributed by atoms with Gasteiger partial charge in [0.15, 0.2) is 0 Å². The second-order valence-electron chi connectivity index (χ2n) is 2.45. The van der Waals surface area contributed by atoms with Crippen molar-refractivity contribution in [1.29, 1.82) is 0 Å². The molecule has 0 aliphatic rings. The van der Waals surface area contributed by atoms with Crippen LogP contribution in [0.3, 0.4) is 0 Å². The van der Waals surface area contributed by atoms with E-state index in [9.17, 15) is 0 Å². The molecule has 0 rings (SSSR count). The number of rotatable bonds is 0. The van der Waals surface area contributed by atoms with Crippen LogP contribution in [0, 0.1) is 0 Å². The zero-order valence-electron chi connectivity index (χ0n) is 13.9. The molecule has 0 aliphatic heterocycles. The molecule has 0 spiro atoms. The van der Waals surface area contributed by atoms with Gasteiger partial charge in [-0.15, -0.1) is 0 Å². The Balaban J connectivity index is -0.0000000248. The smallest absolute Gasteiger partial charge is 0.759 e. The molecule has 0 amide bonds. The van der Waals surface area contributed by atoms with Gasteiger partial charge in [0.2, 0.25) is 0 Å². The monoisotopic (exact) mass is 783 g/mol. The predicted molar refractivity (Wildman–Crippen MR) is 62.8 cm³/mol. The van der Waals surface area contributed by atoms with Crippen molar-refractivity contribution in [3.05, 3.63) is 0 Å². The van der Waals surface area contributed by atoms with Gasteiger partial charge in [0.1, 0.15) is 0 Å². The minimum absolute atomic E-state index is 0. The summed E-state index contributed by atoms with van der Waals surface area (Å²) in [6.07, 6.45) is 0. The second kappa shape index (κ2) is 27.4. The van der Waals surface area contributed by atoms with Gasteiger partial charge in [-0.2, -0.15) is 0 Å². The normalized spacial score (nSPS) is 10.2. The summed E-state index contributed by atoms with van der Waals surface area (Å²) >= 11 is 0. The molecule has 0 bridgehead atoms. The zero-order valence-corrected chi connectivity index (χ0v) is 23.9. The third-order valence-electron chi connectivity index (χ3n) is 0. The third kappa shape index (κ3) is 19200. The summed E-state index contributed by atoms with van der Waals surface area (Å²) in [5.41, 5.74) is 0. The minimum Gasteiger partial charge on any atom is -0.759 e. The Hall–Kier alpha value is 1.35. The topological polar surface area (TPSA) is 482 Å². The van der Waals surface area contributed by atoms with Crippen LogP contribution in [0.15, 0.2) is 0 Å². The Morgan fingerprint density at radius 3 is 0.206 bits per heavy atom. The summed E-state index contributed by atoms with van der Waals surface area (Å²) in [4.78, 5) is 0. The van der Waals surface area contributed by atoms with E-state index in [1.165, 1.54) is 0 Å². The van der Waals surface area contributed by atoms with E-state index in [0.29, 0.717) is 0 Å². The fraction of sp³-hybridized carbons (Fsp3) is 0. The molecule has 34 heavy (non-hydrogen) atoms. The predicted octanol–water partition coefficient (Wildman–Crippen LogP) is -8.04. The summed E-state index contributed by atoms with van der Waals surface area (Å²) in [7, 11) is -31.0. The van der Waals surface area contributed by atoms with Crippen LogP contribution in [0.25, 0.3) is 0 Å². The van der Waals surface area contributed by atoms with Crippen LogP contribution in [-0.4, -0.2) is 105 Å². The first-order valence-electron chi connectivity index (χ1n) is 4.00. The fourth-order valence-corrected chi connectivity index (χ4v) is 0. The van der Waals surface area contributed by atoms with Gasteiger partial charge in [0.05, 0.1) is 0 Å². The summed E-state index contributed by atoms with van der Waals surface area (Å²) in [5.74, 6) is 0. The number of hydrogen-bond acceptors (Lipinski definition) is 24. The van der Waals surface area contributed by atoms with E-state index in [1.807, 2.05) is 0 Å². The van der Waals surface area contributed by atoms with E-state index in [4.69, 9.17) is 105 Å². The summed E-state index contributed by atoms with van der Waals surface area (Å²) in [5, 5.41) is 0. The molecule has 0 heterocycles. The molecule has 0 aromatic carbocycles. The van der Waals surface area contributed by atoms with Crippen LogP contribution in [-0.2, 0) is 132 Å². The summed E-state index contributed by atoms with van der Waals surface area (Å²) < 4.78 is 205. The van der Waals surface area contributed by atoms with Crippen molar-refractivity contribution < 1.29 is 175 Å². The molecule has 24 nitrogen and oxygen atoms in total. The van der Waals surface area contributed by atoms with Gasteiger partial charge in [0.25, 0.3) is 0 Å². The molecule has 0 atom stereocenters. The molecule has 0 aromatic heterocycles. The molecule has 0 fully saturated rings. The molecule has 0 aliphatic carbocycles. The van der Waals surface area contributed by atoms with Gasteiger partial charge in [0, 0.05) is 62.4 Å². The summed E-state index contributed by atoms with van der Waals surface area (Å²) in [6.45, 7) is 0. The molecular formula is Cr4O24S6. The molecule has 4 radical (unpaired) electrons. The van der Waals surface area contributed by atoms with Crippen molar-refractivity contribution in [3.63, 3.8) is 0 Å². The molecular weight excluding hydrogens is 784 g/mol. The van der Waals surface area contributed by atoms with Gasteiger partial charge >= 0.3 is 69.4 Å². The zero-order chi connectivity index (χ0) is 27.0. The van der Waals surface area contributed by atoms with Crippen LogP contribution in [0.5, 0.6) is 0 Å². The van der Waals surface area contributed by atoms with Crippen molar-refractivity contribution in [2.24, 2.45) is 0 Å². The van der Waals surface area contributed by atoms with Gasteiger partial charge in [-0.3, -0.25) is 50.5 Å². The SMILES string of the molecule is O=S(=O)([O-])[O-].O=S(=O)([O-])[O-].O=S(=O)([O-])[O-].O=S(=O)([O-])[O-].O=S(=O)([O-])[O-].O=S(=O)([O-])[O-].[Cr+3].[Cr+3].[Cr+3].[Cr+3]. The molecule has 0 N–H and O–H groups in total. The average Bonchev–Trinajstić information content (AvgIpc) is 1.94. The van der Waals surface area contributed by atoms with E-state index >= 15 is 0 Å². The van der Waals surface area contributed by atoms with Gasteiger partial charge in [-0.1, -0.05) is 0 Å². The largest absolute Gasteiger partial charge is 3.00 e. The Bertz CT molecular complexity index is 771. The van der Waals surface area contributed by atoms with Crippen LogP contribution in [0.4, 0.5) is 0 Å². The standard InChI is InChI=1S/4Cr.6H2O4S/c;;;;6*1-5(2,3)4/h;;;;6*(H2,1,2,3,4)/q4*+3;;;;;;/p-12. The van der Waals surface area contributed by atoms with E-state index < -0.39 is 62.4 Å². The van der Waals surface area contributed by atoms with Crippen LogP contribution in [0.2, 0.25) is 0 Å². The van der Waals surface area contributed by atoms with Crippen molar-refractivity contribution in [3.8, 4) is 0 Å². The van der Waals surface area contributed by atoms with E-state index in [0.717, 1.165) is 0 Å². The van der Waals surface area contributed by atoms with E-state index in [2.05, 4.69) is 0 Å². The first-order valence-corrected chi connectivity index (χ1v) is 12.0. The molecule has 204 valence electrons. The minimum atomic E-state index is -5.17. The first-order chi connectivity index (χ1) is 12.0. The second-order valence-corrected chi connectivity index (χ2v) is 7.35. The van der Waals surface area contributed by atoms with E-state index in [-0.39, 0.29) is 69.4 Å².